The van der Waals surface area contributed by atoms with Gasteiger partial charge < -0.3 is 0 Å². The second-order valence-corrected chi connectivity index (χ2v) is 6.98. The molecule has 1 amide bonds. The summed E-state index contributed by atoms with van der Waals surface area (Å²) in [6.07, 6.45) is 0. The Kier molecular flexibility index (Phi) is 3.37. The van der Waals surface area contributed by atoms with Gasteiger partial charge in [-0.2, -0.15) is 4.80 Å². The molecule has 16 heavy (non-hydrogen) atoms. The molecule has 6 nitrogen and oxygen atoms in total. The van der Waals surface area contributed by atoms with Crippen LogP contribution in [0.25, 0.3) is 0 Å². The van der Waals surface area contributed by atoms with E-state index in [-0.39, 0.29) is 17.4 Å². The van der Waals surface area contributed by atoms with Gasteiger partial charge >= 0.3 is 0 Å². The van der Waals surface area contributed by atoms with Crippen LogP contribution in [0.1, 0.15) is 34.6 Å². The summed E-state index contributed by atoms with van der Waals surface area (Å²) in [5.41, 5.74) is -0.250. The van der Waals surface area contributed by atoms with Crippen LogP contribution < -0.4 is 5.32 Å². The lowest BCUT2D eigenvalue weighted by Crippen LogP contribution is -2.31. The molecule has 7 heteroatoms. The molecule has 0 saturated heterocycles. The maximum absolute atomic E-state index is 11.6. The third-order valence-corrected chi connectivity index (χ3v) is 2.14. The zero-order valence-corrected chi connectivity index (χ0v) is 11.7. The Balaban J connectivity index is 2.78. The molecule has 90 valence electrons. The lowest BCUT2D eigenvalue weighted by atomic mass is 10.1. The topological polar surface area (TPSA) is 72.7 Å². The molecule has 0 unspecified atom stereocenters. The SMILES string of the molecule is CC(C)(Br)C(=O)Nc1nnn(C(C)(C)C)n1. The zero-order valence-electron chi connectivity index (χ0n) is 10.1. The van der Waals surface area contributed by atoms with Crippen LogP contribution in [0, 0.1) is 0 Å². The van der Waals surface area contributed by atoms with E-state index in [0.29, 0.717) is 0 Å². The van der Waals surface area contributed by atoms with Crippen molar-refractivity contribution in [3.63, 3.8) is 0 Å². The van der Waals surface area contributed by atoms with Gasteiger partial charge in [0.1, 0.15) is 0 Å². The number of alkyl halides is 1. The van der Waals surface area contributed by atoms with E-state index in [9.17, 15) is 4.79 Å². The monoisotopic (exact) mass is 289 g/mol. The maximum Gasteiger partial charge on any atom is 0.270 e. The van der Waals surface area contributed by atoms with Gasteiger partial charge in [0.15, 0.2) is 0 Å². The summed E-state index contributed by atoms with van der Waals surface area (Å²) in [5, 5.41) is 14.3. The number of carbonyl (C=O) groups is 1. The van der Waals surface area contributed by atoms with Gasteiger partial charge in [-0.05, 0) is 39.8 Å². The van der Waals surface area contributed by atoms with Crippen molar-refractivity contribution in [1.82, 2.24) is 20.2 Å². The summed E-state index contributed by atoms with van der Waals surface area (Å²) < 4.78 is -0.653. The molecule has 1 aromatic heterocycles. The number of aromatic nitrogens is 4. The lowest BCUT2D eigenvalue weighted by Gasteiger charge is -2.15. The Labute approximate surface area is 103 Å². The van der Waals surface area contributed by atoms with Gasteiger partial charge in [0.25, 0.3) is 5.95 Å². The van der Waals surface area contributed by atoms with Crippen LogP contribution in [0.3, 0.4) is 0 Å². The largest absolute Gasteiger partial charge is 0.291 e. The summed E-state index contributed by atoms with van der Waals surface area (Å²) in [5.74, 6) is 0.00779. The minimum Gasteiger partial charge on any atom is -0.291 e. The molecule has 0 aliphatic rings. The highest BCUT2D eigenvalue weighted by molar-refractivity contribution is 9.10. The predicted molar refractivity (Wildman–Crippen MR) is 64.4 cm³/mol. The highest BCUT2D eigenvalue weighted by atomic mass is 79.9. The molecular weight excluding hydrogens is 274 g/mol. The van der Waals surface area contributed by atoms with E-state index < -0.39 is 4.32 Å². The smallest absolute Gasteiger partial charge is 0.270 e. The van der Waals surface area contributed by atoms with Gasteiger partial charge in [0.05, 0.1) is 9.86 Å². The van der Waals surface area contributed by atoms with Crippen LogP contribution in [0.2, 0.25) is 0 Å². The van der Waals surface area contributed by atoms with Crippen LogP contribution in [-0.4, -0.2) is 30.4 Å². The Bertz CT molecular complexity index is 387. The Morgan fingerprint density at radius 3 is 2.25 bits per heavy atom. The fourth-order valence-corrected chi connectivity index (χ4v) is 0.898. The van der Waals surface area contributed by atoms with Crippen LogP contribution in [0.5, 0.6) is 0 Å². The third kappa shape index (κ3) is 3.26. The van der Waals surface area contributed by atoms with Crippen molar-refractivity contribution in [1.29, 1.82) is 0 Å². The van der Waals surface area contributed by atoms with E-state index in [0.717, 1.165) is 0 Å². The van der Waals surface area contributed by atoms with E-state index in [1.807, 2.05) is 20.8 Å². The fourth-order valence-electron chi connectivity index (χ4n) is 0.799. The van der Waals surface area contributed by atoms with Gasteiger partial charge in [0.2, 0.25) is 5.91 Å². The first-order valence-electron chi connectivity index (χ1n) is 4.91. The summed E-state index contributed by atoms with van der Waals surface area (Å²) in [6.45, 7) is 9.35. The molecule has 0 aromatic carbocycles. The first-order valence-corrected chi connectivity index (χ1v) is 5.71. The Hall–Kier alpha value is -0.980. The number of amides is 1. The standard InChI is InChI=1S/C9H16BrN5O/c1-8(2,3)15-13-7(12-14-15)11-6(16)9(4,5)10/h1-5H3,(H,11,13,16). The number of tetrazole rings is 1. The highest BCUT2D eigenvalue weighted by Gasteiger charge is 2.25. The summed E-state index contributed by atoms with van der Waals surface area (Å²) >= 11 is 3.25. The number of halogens is 1. The lowest BCUT2D eigenvalue weighted by molar-refractivity contribution is -0.117. The van der Waals surface area contributed by atoms with E-state index >= 15 is 0 Å². The molecule has 0 spiro atoms. The number of anilines is 1. The number of hydrogen-bond acceptors (Lipinski definition) is 4. The normalized spacial score (nSPS) is 12.6. The second kappa shape index (κ2) is 4.12. The quantitative estimate of drug-likeness (QED) is 0.839. The van der Waals surface area contributed by atoms with Gasteiger partial charge in [-0.1, -0.05) is 21.0 Å². The van der Waals surface area contributed by atoms with Crippen LogP contribution in [0.4, 0.5) is 5.95 Å². The average molecular weight is 290 g/mol. The molecule has 1 rings (SSSR count). The number of hydrogen-bond donors (Lipinski definition) is 1. The molecule has 1 heterocycles. The average Bonchev–Trinajstić information content (AvgIpc) is 2.49. The van der Waals surface area contributed by atoms with Gasteiger partial charge in [0, 0.05) is 0 Å². The van der Waals surface area contributed by atoms with Crippen molar-refractivity contribution >= 4 is 27.8 Å². The fraction of sp³-hybridized carbons (Fsp3) is 0.778. The van der Waals surface area contributed by atoms with Crippen molar-refractivity contribution in [2.75, 3.05) is 5.32 Å². The summed E-state index contributed by atoms with van der Waals surface area (Å²) in [4.78, 5) is 13.1. The summed E-state index contributed by atoms with van der Waals surface area (Å²) in [7, 11) is 0. The molecule has 0 radical (unpaired) electrons. The molecule has 1 aromatic rings. The van der Waals surface area contributed by atoms with Crippen molar-refractivity contribution in [3.8, 4) is 0 Å². The van der Waals surface area contributed by atoms with Crippen molar-refractivity contribution in [3.05, 3.63) is 0 Å². The van der Waals surface area contributed by atoms with Crippen LogP contribution in [0.15, 0.2) is 0 Å². The number of nitrogens with zero attached hydrogens (tertiary/aromatic N) is 4. The first kappa shape index (κ1) is 13.1. The van der Waals surface area contributed by atoms with Crippen molar-refractivity contribution in [2.45, 2.75) is 44.5 Å². The Morgan fingerprint density at radius 2 is 1.88 bits per heavy atom. The van der Waals surface area contributed by atoms with Gasteiger partial charge in [-0.15, -0.1) is 5.10 Å². The molecular formula is C9H16BrN5O. The van der Waals surface area contributed by atoms with E-state index in [2.05, 4.69) is 36.7 Å². The van der Waals surface area contributed by atoms with E-state index in [1.54, 1.807) is 13.8 Å². The minimum atomic E-state index is -0.653. The van der Waals surface area contributed by atoms with E-state index in [4.69, 9.17) is 0 Å². The number of rotatable bonds is 2. The number of nitrogens with one attached hydrogen (secondary N) is 1. The highest BCUT2D eigenvalue weighted by Crippen LogP contribution is 2.17. The Morgan fingerprint density at radius 1 is 1.31 bits per heavy atom. The molecule has 0 saturated carbocycles. The molecule has 1 N–H and O–H groups in total. The molecule has 0 aliphatic carbocycles. The molecule has 0 aliphatic heterocycles. The molecule has 0 atom stereocenters. The molecule has 0 fully saturated rings. The predicted octanol–water partition coefficient (Wildman–Crippen LogP) is 1.54. The van der Waals surface area contributed by atoms with E-state index in [1.165, 1.54) is 4.80 Å². The number of carbonyl (C=O) groups excluding carboxylic acids is 1. The first-order chi connectivity index (χ1) is 7.10. The molecule has 0 bridgehead atoms. The van der Waals surface area contributed by atoms with Crippen LogP contribution >= 0.6 is 15.9 Å². The third-order valence-electron chi connectivity index (χ3n) is 1.78. The zero-order chi connectivity index (χ0) is 12.6. The van der Waals surface area contributed by atoms with Gasteiger partial charge in [-0.3, -0.25) is 10.1 Å². The second-order valence-electron chi connectivity index (χ2n) is 5.00. The summed E-state index contributed by atoms with van der Waals surface area (Å²) in [6, 6.07) is 0. The van der Waals surface area contributed by atoms with Crippen LogP contribution in [-0.2, 0) is 10.3 Å². The minimum absolute atomic E-state index is 0.207. The maximum atomic E-state index is 11.6. The van der Waals surface area contributed by atoms with Gasteiger partial charge in [-0.25, -0.2) is 0 Å². The van der Waals surface area contributed by atoms with Crippen molar-refractivity contribution < 1.29 is 4.79 Å². The van der Waals surface area contributed by atoms with Crippen molar-refractivity contribution in [2.24, 2.45) is 0 Å².